The lowest BCUT2D eigenvalue weighted by Crippen LogP contribution is -2.30. The van der Waals surface area contributed by atoms with Crippen molar-refractivity contribution in [1.29, 1.82) is 0 Å². The fourth-order valence-corrected chi connectivity index (χ4v) is 2.88. The number of imide groups is 1. The Bertz CT molecular complexity index is 937. The number of amides is 2. The Morgan fingerprint density at radius 2 is 1.13 bits per heavy atom. The predicted molar refractivity (Wildman–Crippen MR) is 81.4 cm³/mol. The fourth-order valence-electron chi connectivity index (χ4n) is 2.88. The summed E-state index contributed by atoms with van der Waals surface area (Å²) in [5, 5.41) is 0. The summed E-state index contributed by atoms with van der Waals surface area (Å²) in [5.41, 5.74) is 1.47. The Balaban J connectivity index is 1.87. The van der Waals surface area contributed by atoms with Gasteiger partial charge in [-0.25, -0.2) is 4.90 Å². The van der Waals surface area contributed by atoms with Gasteiger partial charge >= 0.3 is 0 Å². The minimum absolute atomic E-state index is 0.207. The second kappa shape index (κ2) is 4.58. The number of benzene rings is 2. The maximum absolute atomic E-state index is 12.6. The van der Waals surface area contributed by atoms with Crippen molar-refractivity contribution in [2.75, 3.05) is 4.90 Å². The summed E-state index contributed by atoms with van der Waals surface area (Å²) in [6.07, 6.45) is 2.34. The van der Waals surface area contributed by atoms with Gasteiger partial charge in [-0.3, -0.25) is 19.2 Å². The summed E-state index contributed by atoms with van der Waals surface area (Å²) >= 11 is 0. The first-order valence-electron chi connectivity index (χ1n) is 6.96. The Morgan fingerprint density at radius 3 is 1.74 bits per heavy atom. The van der Waals surface area contributed by atoms with E-state index in [-0.39, 0.29) is 28.4 Å². The van der Waals surface area contributed by atoms with E-state index in [1.807, 2.05) is 0 Å². The number of ketones is 2. The summed E-state index contributed by atoms with van der Waals surface area (Å²) in [6.45, 7) is 0. The Morgan fingerprint density at radius 1 is 0.609 bits per heavy atom. The molecule has 2 aromatic rings. The highest BCUT2D eigenvalue weighted by atomic mass is 16.2. The highest BCUT2D eigenvalue weighted by molar-refractivity contribution is 6.31. The van der Waals surface area contributed by atoms with Gasteiger partial charge in [0.05, 0.1) is 5.69 Å². The van der Waals surface area contributed by atoms with Crippen LogP contribution in [0.4, 0.5) is 5.69 Å². The molecule has 0 atom stereocenters. The van der Waals surface area contributed by atoms with E-state index in [0.717, 1.165) is 4.90 Å². The smallest absolute Gasteiger partial charge is 0.258 e. The average molecular weight is 303 g/mol. The lowest BCUT2D eigenvalue weighted by molar-refractivity contribution is -0.119. The normalized spacial score (nSPS) is 15.9. The van der Waals surface area contributed by atoms with Crippen molar-refractivity contribution in [3.63, 3.8) is 0 Å². The Labute approximate surface area is 130 Å². The summed E-state index contributed by atoms with van der Waals surface area (Å²) in [7, 11) is 0. The van der Waals surface area contributed by atoms with Crippen LogP contribution in [-0.2, 0) is 9.59 Å². The number of carbonyl (C=O) groups excluding carboxylic acids is 4. The number of carbonyl (C=O) groups is 4. The van der Waals surface area contributed by atoms with Gasteiger partial charge in [-0.2, -0.15) is 0 Å². The van der Waals surface area contributed by atoms with Crippen molar-refractivity contribution in [3.8, 4) is 0 Å². The monoisotopic (exact) mass is 303 g/mol. The molecule has 0 saturated carbocycles. The topological polar surface area (TPSA) is 71.5 Å². The molecule has 0 unspecified atom stereocenters. The number of fused-ring (bicyclic) bond motifs is 2. The average Bonchev–Trinajstić information content (AvgIpc) is 2.91. The van der Waals surface area contributed by atoms with E-state index in [1.54, 1.807) is 24.3 Å². The number of rotatable bonds is 1. The van der Waals surface area contributed by atoms with Gasteiger partial charge < -0.3 is 0 Å². The second-order valence-electron chi connectivity index (χ2n) is 5.28. The van der Waals surface area contributed by atoms with Crippen LogP contribution in [0.1, 0.15) is 31.8 Å². The van der Waals surface area contributed by atoms with Crippen LogP contribution in [0.3, 0.4) is 0 Å². The highest BCUT2D eigenvalue weighted by Gasteiger charge is 2.32. The van der Waals surface area contributed by atoms with Crippen LogP contribution in [-0.4, -0.2) is 23.4 Å². The van der Waals surface area contributed by atoms with E-state index < -0.39 is 11.8 Å². The molecule has 0 bridgehead atoms. The quantitative estimate of drug-likeness (QED) is 0.644. The fraction of sp³-hybridized carbons (Fsp3) is 0. The minimum Gasteiger partial charge on any atom is -0.289 e. The molecule has 5 nitrogen and oxygen atoms in total. The van der Waals surface area contributed by atoms with Gasteiger partial charge in [0.25, 0.3) is 11.8 Å². The molecule has 4 rings (SSSR count). The van der Waals surface area contributed by atoms with Gasteiger partial charge in [-0.05, 0) is 18.2 Å². The molecule has 2 aromatic carbocycles. The molecule has 0 saturated heterocycles. The van der Waals surface area contributed by atoms with Crippen molar-refractivity contribution in [2.24, 2.45) is 0 Å². The maximum atomic E-state index is 12.6. The Hall–Kier alpha value is -3.34. The molecule has 1 heterocycles. The molecule has 1 aliphatic carbocycles. The van der Waals surface area contributed by atoms with Crippen LogP contribution in [0, 0.1) is 0 Å². The highest BCUT2D eigenvalue weighted by Crippen LogP contribution is 2.31. The minimum atomic E-state index is -0.468. The van der Waals surface area contributed by atoms with Crippen LogP contribution >= 0.6 is 0 Å². The van der Waals surface area contributed by atoms with Crippen LogP contribution in [0.25, 0.3) is 0 Å². The first-order chi connectivity index (χ1) is 11.1. The molecule has 5 heteroatoms. The van der Waals surface area contributed by atoms with Gasteiger partial charge in [0, 0.05) is 34.4 Å². The summed E-state index contributed by atoms with van der Waals surface area (Å²) < 4.78 is 0. The lowest BCUT2D eigenvalue weighted by Gasteiger charge is -2.20. The van der Waals surface area contributed by atoms with Crippen LogP contribution < -0.4 is 4.90 Å². The van der Waals surface area contributed by atoms with Gasteiger partial charge in [0.15, 0.2) is 11.6 Å². The molecule has 0 aromatic heterocycles. The predicted octanol–water partition coefficient (Wildman–Crippen LogP) is 1.89. The van der Waals surface area contributed by atoms with Crippen LogP contribution in [0.15, 0.2) is 54.6 Å². The molecule has 23 heavy (non-hydrogen) atoms. The van der Waals surface area contributed by atoms with Crippen LogP contribution in [0.2, 0.25) is 0 Å². The SMILES string of the molecule is O=C1c2ccccc2C(=O)c2cc(N3C(=O)C=CC3=O)ccc21. The van der Waals surface area contributed by atoms with E-state index in [4.69, 9.17) is 0 Å². The van der Waals surface area contributed by atoms with E-state index in [9.17, 15) is 19.2 Å². The van der Waals surface area contributed by atoms with Gasteiger partial charge in [0.2, 0.25) is 0 Å². The van der Waals surface area contributed by atoms with Gasteiger partial charge in [0.1, 0.15) is 0 Å². The number of anilines is 1. The van der Waals surface area contributed by atoms with Crippen molar-refractivity contribution < 1.29 is 19.2 Å². The Kier molecular flexibility index (Phi) is 2.65. The molecular formula is C18H9NO4. The van der Waals surface area contributed by atoms with Crippen LogP contribution in [0.5, 0.6) is 0 Å². The van der Waals surface area contributed by atoms with Gasteiger partial charge in [-0.1, -0.05) is 24.3 Å². The third-order valence-electron chi connectivity index (χ3n) is 3.98. The number of hydrogen-bond acceptors (Lipinski definition) is 4. The summed E-state index contributed by atoms with van der Waals surface area (Å²) in [6, 6.07) is 11.0. The number of nitrogens with zero attached hydrogens (tertiary/aromatic N) is 1. The zero-order chi connectivity index (χ0) is 16.1. The lowest BCUT2D eigenvalue weighted by atomic mass is 9.84. The largest absolute Gasteiger partial charge is 0.289 e. The summed E-state index contributed by atoms with van der Waals surface area (Å²) in [4.78, 5) is 49.6. The maximum Gasteiger partial charge on any atom is 0.258 e. The standard InChI is InChI=1S/C18H9NO4/c20-15-7-8-16(21)19(15)10-5-6-13-14(9-10)18(23)12-4-2-1-3-11(12)17(13)22/h1-9H. The number of hydrogen-bond donors (Lipinski definition) is 0. The van der Waals surface area contributed by atoms with E-state index in [2.05, 4.69) is 0 Å². The third kappa shape index (κ3) is 1.80. The van der Waals surface area contributed by atoms with E-state index in [1.165, 1.54) is 30.4 Å². The zero-order valence-corrected chi connectivity index (χ0v) is 11.8. The molecule has 2 amide bonds. The summed E-state index contributed by atoms with van der Waals surface area (Å²) in [5.74, 6) is -1.46. The van der Waals surface area contributed by atoms with Crippen molar-refractivity contribution in [3.05, 3.63) is 76.9 Å². The van der Waals surface area contributed by atoms with Gasteiger partial charge in [-0.15, -0.1) is 0 Å². The van der Waals surface area contributed by atoms with Crippen molar-refractivity contribution in [1.82, 2.24) is 0 Å². The van der Waals surface area contributed by atoms with E-state index in [0.29, 0.717) is 11.1 Å². The van der Waals surface area contributed by atoms with Crippen molar-refractivity contribution >= 4 is 29.1 Å². The second-order valence-corrected chi connectivity index (χ2v) is 5.28. The molecule has 0 N–H and O–H groups in total. The molecule has 0 spiro atoms. The molecule has 110 valence electrons. The molecule has 0 radical (unpaired) electrons. The van der Waals surface area contributed by atoms with Crippen molar-refractivity contribution in [2.45, 2.75) is 0 Å². The third-order valence-corrected chi connectivity index (χ3v) is 3.98. The molecule has 1 aliphatic heterocycles. The zero-order valence-electron chi connectivity index (χ0n) is 11.8. The molecular weight excluding hydrogens is 294 g/mol. The first kappa shape index (κ1) is 13.3. The van der Waals surface area contributed by atoms with E-state index >= 15 is 0 Å². The first-order valence-corrected chi connectivity index (χ1v) is 6.96. The molecule has 2 aliphatic rings. The molecule has 0 fully saturated rings.